The van der Waals surface area contributed by atoms with Crippen molar-refractivity contribution >= 4 is 0 Å². The van der Waals surface area contributed by atoms with Crippen LogP contribution in [-0.2, 0) is 14.2 Å². The van der Waals surface area contributed by atoms with Gasteiger partial charge in [-0.2, -0.15) is 0 Å². The Kier molecular flexibility index (Phi) is 4.99. The standard InChI is InChI=1S/C11H23NO3/c1-9(10(2)13-4)12-6-5-11(3)14-7-8-15-11/h9-10,12H,5-8H2,1-4H3. The van der Waals surface area contributed by atoms with Crippen LogP contribution in [0.15, 0.2) is 0 Å². The number of hydrogen-bond acceptors (Lipinski definition) is 4. The average molecular weight is 217 g/mol. The Hall–Kier alpha value is -0.160. The van der Waals surface area contributed by atoms with Gasteiger partial charge in [0.2, 0.25) is 0 Å². The van der Waals surface area contributed by atoms with Gasteiger partial charge in [-0.1, -0.05) is 0 Å². The fraction of sp³-hybridized carbons (Fsp3) is 1.00. The van der Waals surface area contributed by atoms with E-state index in [0.29, 0.717) is 19.3 Å². The molecule has 1 fully saturated rings. The summed E-state index contributed by atoms with van der Waals surface area (Å²) in [4.78, 5) is 0. The average Bonchev–Trinajstić information content (AvgIpc) is 2.64. The van der Waals surface area contributed by atoms with E-state index < -0.39 is 0 Å². The van der Waals surface area contributed by atoms with Crippen LogP contribution in [0.2, 0.25) is 0 Å². The van der Waals surface area contributed by atoms with E-state index in [4.69, 9.17) is 14.2 Å². The van der Waals surface area contributed by atoms with Gasteiger partial charge in [0.15, 0.2) is 5.79 Å². The maximum absolute atomic E-state index is 5.52. The van der Waals surface area contributed by atoms with Crippen molar-refractivity contribution in [1.29, 1.82) is 0 Å². The van der Waals surface area contributed by atoms with E-state index in [2.05, 4.69) is 19.2 Å². The molecule has 1 heterocycles. The molecule has 0 spiro atoms. The van der Waals surface area contributed by atoms with Crippen molar-refractivity contribution in [3.05, 3.63) is 0 Å². The maximum Gasteiger partial charge on any atom is 0.166 e. The van der Waals surface area contributed by atoms with Gasteiger partial charge < -0.3 is 19.5 Å². The number of hydrogen-bond donors (Lipinski definition) is 1. The highest BCUT2D eigenvalue weighted by molar-refractivity contribution is 4.73. The summed E-state index contributed by atoms with van der Waals surface area (Å²) in [6, 6.07) is 0.347. The lowest BCUT2D eigenvalue weighted by molar-refractivity contribution is -0.146. The summed E-state index contributed by atoms with van der Waals surface area (Å²) in [6.45, 7) is 8.47. The molecule has 1 rings (SSSR count). The van der Waals surface area contributed by atoms with E-state index in [-0.39, 0.29) is 11.9 Å². The Labute approximate surface area is 92.3 Å². The SMILES string of the molecule is COC(C)C(C)NCCC1(C)OCCO1. The molecule has 1 saturated heterocycles. The number of nitrogens with one attached hydrogen (secondary N) is 1. The van der Waals surface area contributed by atoms with Crippen molar-refractivity contribution in [3.8, 4) is 0 Å². The second-order valence-corrected chi connectivity index (χ2v) is 4.26. The second-order valence-electron chi connectivity index (χ2n) is 4.26. The molecule has 2 atom stereocenters. The molecule has 0 aromatic heterocycles. The fourth-order valence-electron chi connectivity index (χ4n) is 1.60. The van der Waals surface area contributed by atoms with Gasteiger partial charge >= 0.3 is 0 Å². The van der Waals surface area contributed by atoms with E-state index in [1.165, 1.54) is 0 Å². The van der Waals surface area contributed by atoms with Crippen LogP contribution in [0.5, 0.6) is 0 Å². The molecule has 0 saturated carbocycles. The van der Waals surface area contributed by atoms with Gasteiger partial charge in [-0.15, -0.1) is 0 Å². The number of rotatable bonds is 6. The van der Waals surface area contributed by atoms with E-state index in [0.717, 1.165) is 13.0 Å². The summed E-state index contributed by atoms with van der Waals surface area (Å²) < 4.78 is 16.3. The quantitative estimate of drug-likeness (QED) is 0.724. The van der Waals surface area contributed by atoms with Crippen LogP contribution in [-0.4, -0.2) is 44.8 Å². The summed E-state index contributed by atoms with van der Waals surface area (Å²) in [5.41, 5.74) is 0. The lowest BCUT2D eigenvalue weighted by Gasteiger charge is -2.25. The van der Waals surface area contributed by atoms with Crippen LogP contribution in [0, 0.1) is 0 Å². The van der Waals surface area contributed by atoms with Crippen molar-refractivity contribution < 1.29 is 14.2 Å². The Bertz CT molecular complexity index is 181. The van der Waals surface area contributed by atoms with Crippen molar-refractivity contribution in [2.45, 2.75) is 45.1 Å². The topological polar surface area (TPSA) is 39.7 Å². The predicted octanol–water partition coefficient (Wildman–Crippen LogP) is 1.15. The zero-order valence-corrected chi connectivity index (χ0v) is 10.2. The summed E-state index contributed by atoms with van der Waals surface area (Å²) >= 11 is 0. The monoisotopic (exact) mass is 217 g/mol. The predicted molar refractivity (Wildman–Crippen MR) is 58.9 cm³/mol. The molecule has 0 aliphatic carbocycles. The van der Waals surface area contributed by atoms with E-state index in [1.807, 2.05) is 6.92 Å². The molecule has 0 aromatic rings. The van der Waals surface area contributed by atoms with Crippen LogP contribution < -0.4 is 5.32 Å². The molecule has 0 bridgehead atoms. The first-order valence-corrected chi connectivity index (χ1v) is 5.61. The second kappa shape index (κ2) is 5.80. The lowest BCUT2D eigenvalue weighted by Crippen LogP contribution is -2.40. The molecule has 1 aliphatic heterocycles. The molecule has 0 radical (unpaired) electrons. The molecule has 1 aliphatic rings. The maximum atomic E-state index is 5.52. The minimum Gasteiger partial charge on any atom is -0.380 e. The molecule has 4 nitrogen and oxygen atoms in total. The molecule has 1 N–H and O–H groups in total. The van der Waals surface area contributed by atoms with Crippen LogP contribution in [0.25, 0.3) is 0 Å². The molecular weight excluding hydrogens is 194 g/mol. The Morgan fingerprint density at radius 1 is 1.33 bits per heavy atom. The molecular formula is C11H23NO3. The normalized spacial score (nSPS) is 24.0. The zero-order chi connectivity index (χ0) is 11.3. The number of methoxy groups -OCH3 is 1. The summed E-state index contributed by atoms with van der Waals surface area (Å²) in [6.07, 6.45) is 1.09. The van der Waals surface area contributed by atoms with Crippen LogP contribution in [0.1, 0.15) is 27.2 Å². The highest BCUT2D eigenvalue weighted by Gasteiger charge is 2.30. The summed E-state index contributed by atoms with van der Waals surface area (Å²) in [5, 5.41) is 3.40. The Balaban J connectivity index is 2.15. The first-order chi connectivity index (χ1) is 7.07. The first kappa shape index (κ1) is 12.9. The number of ether oxygens (including phenoxy) is 3. The molecule has 15 heavy (non-hydrogen) atoms. The van der Waals surface area contributed by atoms with Gasteiger partial charge in [0.25, 0.3) is 0 Å². The third-order valence-electron chi connectivity index (χ3n) is 3.02. The Morgan fingerprint density at radius 3 is 2.47 bits per heavy atom. The first-order valence-electron chi connectivity index (χ1n) is 5.61. The van der Waals surface area contributed by atoms with Crippen molar-refractivity contribution in [3.63, 3.8) is 0 Å². The third kappa shape index (κ3) is 4.07. The zero-order valence-electron chi connectivity index (χ0n) is 10.2. The third-order valence-corrected chi connectivity index (χ3v) is 3.02. The van der Waals surface area contributed by atoms with Gasteiger partial charge in [-0.25, -0.2) is 0 Å². The molecule has 0 amide bonds. The van der Waals surface area contributed by atoms with Crippen LogP contribution in [0.4, 0.5) is 0 Å². The van der Waals surface area contributed by atoms with Crippen molar-refractivity contribution in [1.82, 2.24) is 5.32 Å². The Morgan fingerprint density at radius 2 is 1.93 bits per heavy atom. The van der Waals surface area contributed by atoms with E-state index in [1.54, 1.807) is 7.11 Å². The smallest absolute Gasteiger partial charge is 0.166 e. The molecule has 2 unspecified atom stereocenters. The van der Waals surface area contributed by atoms with E-state index >= 15 is 0 Å². The minimum atomic E-state index is -0.386. The van der Waals surface area contributed by atoms with Crippen LogP contribution in [0.3, 0.4) is 0 Å². The van der Waals surface area contributed by atoms with Gasteiger partial charge in [0.1, 0.15) is 0 Å². The molecule has 4 heteroatoms. The molecule has 0 aromatic carbocycles. The van der Waals surface area contributed by atoms with Gasteiger partial charge in [0, 0.05) is 26.1 Å². The minimum absolute atomic E-state index is 0.225. The highest BCUT2D eigenvalue weighted by atomic mass is 16.7. The van der Waals surface area contributed by atoms with Crippen molar-refractivity contribution in [2.75, 3.05) is 26.9 Å². The fourth-order valence-corrected chi connectivity index (χ4v) is 1.60. The van der Waals surface area contributed by atoms with Gasteiger partial charge in [0.05, 0.1) is 19.3 Å². The van der Waals surface area contributed by atoms with Crippen LogP contribution >= 0.6 is 0 Å². The highest BCUT2D eigenvalue weighted by Crippen LogP contribution is 2.21. The van der Waals surface area contributed by atoms with Gasteiger partial charge in [-0.05, 0) is 20.8 Å². The molecule has 90 valence electrons. The lowest BCUT2D eigenvalue weighted by atomic mass is 10.2. The summed E-state index contributed by atoms with van der Waals surface area (Å²) in [5.74, 6) is -0.386. The van der Waals surface area contributed by atoms with E-state index in [9.17, 15) is 0 Å². The van der Waals surface area contributed by atoms with Gasteiger partial charge in [-0.3, -0.25) is 0 Å². The van der Waals surface area contributed by atoms with Crippen molar-refractivity contribution in [2.24, 2.45) is 0 Å². The summed E-state index contributed by atoms with van der Waals surface area (Å²) in [7, 11) is 1.73. The largest absolute Gasteiger partial charge is 0.380 e.